The topological polar surface area (TPSA) is 97.2 Å². The maximum absolute atomic E-state index is 12.1. The predicted molar refractivity (Wildman–Crippen MR) is 114 cm³/mol. The molecule has 30 heavy (non-hydrogen) atoms. The highest BCUT2D eigenvalue weighted by Crippen LogP contribution is 2.24. The standard InChI is InChI=1S/C21H26N4O5/c1-2-29-20-9-4-3-8-19(20)22-21(26)30-15-14-23-10-12-24(13-11-23)17-6-5-7-18(16-17)25(27)28/h3-9,16H,2,10-15H2,1H3,(H,22,26). The van der Waals surface area contributed by atoms with Crippen molar-refractivity contribution in [3.05, 3.63) is 58.6 Å². The van der Waals surface area contributed by atoms with Crippen molar-refractivity contribution in [3.8, 4) is 5.75 Å². The number of para-hydroxylation sites is 2. The largest absolute Gasteiger partial charge is 0.492 e. The quantitative estimate of drug-likeness (QED) is 0.522. The average Bonchev–Trinajstić information content (AvgIpc) is 2.76. The van der Waals surface area contributed by atoms with Crippen LogP contribution in [0.15, 0.2) is 48.5 Å². The molecule has 0 saturated carbocycles. The zero-order chi connectivity index (χ0) is 21.3. The summed E-state index contributed by atoms with van der Waals surface area (Å²) in [7, 11) is 0. The summed E-state index contributed by atoms with van der Waals surface area (Å²) in [4.78, 5) is 27.0. The lowest BCUT2D eigenvalue weighted by atomic mass is 10.2. The number of benzene rings is 2. The highest BCUT2D eigenvalue weighted by atomic mass is 16.6. The van der Waals surface area contributed by atoms with Crippen molar-refractivity contribution in [2.45, 2.75) is 6.92 Å². The summed E-state index contributed by atoms with van der Waals surface area (Å²) < 4.78 is 10.8. The van der Waals surface area contributed by atoms with Gasteiger partial charge in [0.05, 0.1) is 17.2 Å². The number of carbonyl (C=O) groups excluding carboxylic acids is 1. The molecule has 0 bridgehead atoms. The van der Waals surface area contributed by atoms with Gasteiger partial charge in [-0.05, 0) is 25.1 Å². The van der Waals surface area contributed by atoms with Gasteiger partial charge in [-0.1, -0.05) is 18.2 Å². The minimum atomic E-state index is -0.516. The van der Waals surface area contributed by atoms with Crippen LogP contribution in [0.5, 0.6) is 5.75 Å². The monoisotopic (exact) mass is 414 g/mol. The molecular weight excluding hydrogens is 388 g/mol. The molecule has 1 N–H and O–H groups in total. The molecule has 1 saturated heterocycles. The number of rotatable bonds is 8. The van der Waals surface area contributed by atoms with Crippen LogP contribution in [0.25, 0.3) is 0 Å². The zero-order valence-corrected chi connectivity index (χ0v) is 17.0. The molecule has 2 aromatic carbocycles. The molecule has 1 amide bonds. The van der Waals surface area contributed by atoms with Gasteiger partial charge in [-0.15, -0.1) is 0 Å². The Labute approximate surface area is 175 Å². The van der Waals surface area contributed by atoms with E-state index < -0.39 is 6.09 Å². The molecule has 3 rings (SSSR count). The number of nitro benzene ring substituents is 1. The average molecular weight is 414 g/mol. The lowest BCUT2D eigenvalue weighted by molar-refractivity contribution is -0.384. The van der Waals surface area contributed by atoms with Crippen LogP contribution in [0.2, 0.25) is 0 Å². The lowest BCUT2D eigenvalue weighted by Gasteiger charge is -2.35. The number of anilines is 2. The fourth-order valence-corrected chi connectivity index (χ4v) is 3.30. The number of hydrogen-bond acceptors (Lipinski definition) is 7. The molecule has 0 atom stereocenters. The van der Waals surface area contributed by atoms with Gasteiger partial charge in [0.25, 0.3) is 5.69 Å². The fraction of sp³-hybridized carbons (Fsp3) is 0.381. The van der Waals surface area contributed by atoms with E-state index >= 15 is 0 Å². The summed E-state index contributed by atoms with van der Waals surface area (Å²) in [6, 6.07) is 13.9. The van der Waals surface area contributed by atoms with Crippen LogP contribution >= 0.6 is 0 Å². The second-order valence-corrected chi connectivity index (χ2v) is 6.80. The first-order chi connectivity index (χ1) is 14.6. The van der Waals surface area contributed by atoms with Crippen molar-refractivity contribution in [1.82, 2.24) is 4.90 Å². The van der Waals surface area contributed by atoms with Crippen LogP contribution in [0.4, 0.5) is 21.9 Å². The van der Waals surface area contributed by atoms with Crippen LogP contribution in [-0.4, -0.2) is 61.9 Å². The van der Waals surface area contributed by atoms with Gasteiger partial charge >= 0.3 is 6.09 Å². The van der Waals surface area contributed by atoms with E-state index in [0.29, 0.717) is 24.6 Å². The van der Waals surface area contributed by atoms with E-state index in [1.54, 1.807) is 24.3 Å². The fourth-order valence-electron chi connectivity index (χ4n) is 3.30. The molecule has 1 heterocycles. The van der Waals surface area contributed by atoms with Gasteiger partial charge in [0, 0.05) is 50.5 Å². The molecule has 1 fully saturated rings. The molecule has 1 aliphatic heterocycles. The third-order valence-corrected chi connectivity index (χ3v) is 4.84. The second-order valence-electron chi connectivity index (χ2n) is 6.80. The maximum atomic E-state index is 12.1. The van der Waals surface area contributed by atoms with Crippen LogP contribution in [0.1, 0.15) is 6.92 Å². The summed E-state index contributed by atoms with van der Waals surface area (Å²) in [6.45, 7) is 6.40. The van der Waals surface area contributed by atoms with Gasteiger partial charge in [-0.2, -0.15) is 0 Å². The number of amides is 1. The first-order valence-electron chi connectivity index (χ1n) is 9.94. The summed E-state index contributed by atoms with van der Waals surface area (Å²) in [5.74, 6) is 0.606. The van der Waals surface area contributed by atoms with Crippen LogP contribution in [0.3, 0.4) is 0 Å². The Morgan fingerprint density at radius 1 is 1.13 bits per heavy atom. The number of piperazine rings is 1. The van der Waals surface area contributed by atoms with E-state index in [0.717, 1.165) is 31.9 Å². The molecule has 0 spiro atoms. The van der Waals surface area contributed by atoms with Gasteiger partial charge in [0.15, 0.2) is 0 Å². The van der Waals surface area contributed by atoms with Gasteiger partial charge in [-0.3, -0.25) is 20.3 Å². The third-order valence-electron chi connectivity index (χ3n) is 4.84. The van der Waals surface area contributed by atoms with E-state index in [1.165, 1.54) is 6.07 Å². The van der Waals surface area contributed by atoms with E-state index in [1.807, 2.05) is 25.1 Å². The SMILES string of the molecule is CCOc1ccccc1NC(=O)OCCN1CCN(c2cccc([N+](=O)[O-])c2)CC1. The molecule has 9 heteroatoms. The van der Waals surface area contributed by atoms with Gasteiger partial charge < -0.3 is 14.4 Å². The summed E-state index contributed by atoms with van der Waals surface area (Å²) in [5, 5.41) is 13.7. The van der Waals surface area contributed by atoms with Crippen molar-refractivity contribution in [2.75, 3.05) is 56.2 Å². The normalized spacial score (nSPS) is 14.2. The van der Waals surface area contributed by atoms with Crippen molar-refractivity contribution >= 4 is 23.2 Å². The Kier molecular flexibility index (Phi) is 7.45. The van der Waals surface area contributed by atoms with Crippen LogP contribution in [0, 0.1) is 10.1 Å². The molecule has 0 radical (unpaired) electrons. The Morgan fingerprint density at radius 3 is 2.63 bits per heavy atom. The first kappa shape index (κ1) is 21.4. The van der Waals surface area contributed by atoms with E-state index in [2.05, 4.69) is 15.1 Å². The predicted octanol–water partition coefficient (Wildman–Crippen LogP) is 3.36. The minimum Gasteiger partial charge on any atom is -0.492 e. The molecule has 0 aliphatic carbocycles. The first-order valence-corrected chi connectivity index (χ1v) is 9.94. The van der Waals surface area contributed by atoms with Crippen LogP contribution in [-0.2, 0) is 4.74 Å². The highest BCUT2D eigenvalue weighted by Gasteiger charge is 2.19. The minimum absolute atomic E-state index is 0.0975. The smallest absolute Gasteiger partial charge is 0.411 e. The second kappa shape index (κ2) is 10.4. The number of nitrogens with zero attached hydrogens (tertiary/aromatic N) is 3. The molecule has 160 valence electrons. The van der Waals surface area contributed by atoms with E-state index in [-0.39, 0.29) is 17.2 Å². The molecule has 0 unspecified atom stereocenters. The molecule has 0 aromatic heterocycles. The highest BCUT2D eigenvalue weighted by molar-refractivity contribution is 5.86. The van der Waals surface area contributed by atoms with Gasteiger partial charge in [-0.25, -0.2) is 4.79 Å². The molecule has 2 aromatic rings. The number of nitro groups is 1. The van der Waals surface area contributed by atoms with E-state index in [4.69, 9.17) is 9.47 Å². The lowest BCUT2D eigenvalue weighted by Crippen LogP contribution is -2.47. The Morgan fingerprint density at radius 2 is 1.90 bits per heavy atom. The van der Waals surface area contributed by atoms with Crippen molar-refractivity contribution in [3.63, 3.8) is 0 Å². The Balaban J connectivity index is 1.40. The Hall–Kier alpha value is -3.33. The van der Waals surface area contributed by atoms with Gasteiger partial charge in [0.1, 0.15) is 12.4 Å². The van der Waals surface area contributed by atoms with E-state index in [9.17, 15) is 14.9 Å². The van der Waals surface area contributed by atoms with Crippen molar-refractivity contribution in [1.29, 1.82) is 0 Å². The number of nitrogens with one attached hydrogen (secondary N) is 1. The molecule has 9 nitrogen and oxygen atoms in total. The van der Waals surface area contributed by atoms with Crippen molar-refractivity contribution < 1.29 is 19.2 Å². The van der Waals surface area contributed by atoms with Gasteiger partial charge in [0.2, 0.25) is 0 Å². The number of hydrogen-bond donors (Lipinski definition) is 1. The third kappa shape index (κ3) is 5.84. The number of carbonyl (C=O) groups is 1. The summed E-state index contributed by atoms with van der Waals surface area (Å²) >= 11 is 0. The maximum Gasteiger partial charge on any atom is 0.411 e. The van der Waals surface area contributed by atoms with Crippen LogP contribution < -0.4 is 15.0 Å². The molecule has 1 aliphatic rings. The Bertz CT molecular complexity index is 868. The summed E-state index contributed by atoms with van der Waals surface area (Å²) in [5.41, 5.74) is 1.53. The van der Waals surface area contributed by atoms with Crippen molar-refractivity contribution in [2.24, 2.45) is 0 Å². The molecular formula is C21H26N4O5. The number of ether oxygens (including phenoxy) is 2. The summed E-state index contributed by atoms with van der Waals surface area (Å²) in [6.07, 6.45) is -0.516. The number of non-ortho nitro benzene ring substituents is 1. The zero-order valence-electron chi connectivity index (χ0n) is 17.0.